The lowest BCUT2D eigenvalue weighted by molar-refractivity contribution is 0.321. The topological polar surface area (TPSA) is 69.4 Å². The lowest BCUT2D eigenvalue weighted by atomic mass is 10.1. The highest BCUT2D eigenvalue weighted by molar-refractivity contribution is 7.84. The van der Waals surface area contributed by atoms with Gasteiger partial charge in [0.25, 0.3) is 0 Å². The summed E-state index contributed by atoms with van der Waals surface area (Å²) in [4.78, 5) is 0. The molecule has 4 nitrogen and oxygen atoms in total. The third-order valence-electron chi connectivity index (χ3n) is 1.43. The third kappa shape index (κ3) is 7.74. The fourth-order valence-electron chi connectivity index (χ4n) is 0.836. The van der Waals surface area contributed by atoms with E-state index in [0.717, 1.165) is 12.0 Å². The summed E-state index contributed by atoms with van der Waals surface area (Å²) >= 11 is 0. The maximum atomic E-state index is 10.4. The summed E-state index contributed by atoms with van der Waals surface area (Å²) in [6, 6.07) is 0. The van der Waals surface area contributed by atoms with E-state index in [-0.39, 0.29) is 6.61 Å². The second-order valence-corrected chi connectivity index (χ2v) is 3.68. The van der Waals surface area contributed by atoms with Crippen molar-refractivity contribution < 1.29 is 12.6 Å². The van der Waals surface area contributed by atoms with Gasteiger partial charge in [0.15, 0.2) is 0 Å². The molecule has 0 aromatic rings. The molecule has 0 unspecified atom stereocenters. The van der Waals surface area contributed by atoms with Crippen LogP contribution < -0.4 is 5.14 Å². The van der Waals surface area contributed by atoms with Crippen molar-refractivity contribution in [1.29, 1.82) is 0 Å². The lowest BCUT2D eigenvalue weighted by Gasteiger charge is -2.01. The summed E-state index contributed by atoms with van der Waals surface area (Å²) in [5.74, 6) is 0. The molecule has 0 aromatic carbocycles. The van der Waals surface area contributed by atoms with Crippen LogP contribution in [0.4, 0.5) is 0 Å². The third-order valence-corrected chi connectivity index (χ3v) is 1.92. The maximum Gasteiger partial charge on any atom is 0.333 e. The van der Waals surface area contributed by atoms with Crippen LogP contribution in [0.3, 0.4) is 0 Å². The molecule has 0 saturated heterocycles. The van der Waals surface area contributed by atoms with Gasteiger partial charge in [0.05, 0.1) is 6.61 Å². The molecule has 0 aliphatic carbocycles. The minimum atomic E-state index is -3.79. The molecule has 0 rings (SSSR count). The Morgan fingerprint density at radius 3 is 2.62 bits per heavy atom. The SMILES string of the molecule is CC=C=C(CC)CCOS(N)(=O)=O. The summed E-state index contributed by atoms with van der Waals surface area (Å²) in [5.41, 5.74) is 4.01. The molecule has 2 N–H and O–H groups in total. The minimum absolute atomic E-state index is 0.0862. The molecule has 0 heterocycles. The maximum absolute atomic E-state index is 10.4. The van der Waals surface area contributed by atoms with E-state index < -0.39 is 10.3 Å². The van der Waals surface area contributed by atoms with Gasteiger partial charge in [-0.3, -0.25) is 4.18 Å². The van der Waals surface area contributed by atoms with Crippen LogP contribution >= 0.6 is 0 Å². The summed E-state index contributed by atoms with van der Waals surface area (Å²) in [6.45, 7) is 3.92. The van der Waals surface area contributed by atoms with Crippen molar-refractivity contribution in [2.24, 2.45) is 5.14 Å². The number of hydrogen-bond acceptors (Lipinski definition) is 3. The highest BCUT2D eigenvalue weighted by Crippen LogP contribution is 2.04. The smallest absolute Gasteiger partial charge is 0.258 e. The fraction of sp³-hybridized carbons (Fsp3) is 0.625. The zero-order chi connectivity index (χ0) is 10.3. The number of rotatable bonds is 5. The normalized spacial score (nSPS) is 10.7. The van der Waals surface area contributed by atoms with Crippen molar-refractivity contribution in [2.75, 3.05) is 6.61 Å². The predicted octanol–water partition coefficient (Wildman–Crippen LogP) is 1.11. The molecule has 0 saturated carbocycles. The van der Waals surface area contributed by atoms with Gasteiger partial charge >= 0.3 is 10.3 Å². The molecule has 0 fully saturated rings. The molecule has 0 aliphatic rings. The van der Waals surface area contributed by atoms with E-state index in [4.69, 9.17) is 0 Å². The quantitative estimate of drug-likeness (QED) is 0.683. The largest absolute Gasteiger partial charge is 0.333 e. The first-order valence-corrected chi connectivity index (χ1v) is 5.53. The molecule has 0 radical (unpaired) electrons. The summed E-state index contributed by atoms with van der Waals surface area (Å²) in [6.07, 6.45) is 3.16. The first-order valence-electron chi connectivity index (χ1n) is 4.05. The average Bonchev–Trinajstić information content (AvgIpc) is 2.01. The Hall–Kier alpha value is -0.610. The molecule has 0 spiro atoms. The predicted molar refractivity (Wildman–Crippen MR) is 51.2 cm³/mol. The lowest BCUT2D eigenvalue weighted by Crippen LogP contribution is -2.16. The van der Waals surface area contributed by atoms with Gasteiger partial charge in [0.1, 0.15) is 0 Å². The van der Waals surface area contributed by atoms with E-state index in [1.54, 1.807) is 6.08 Å². The number of hydrogen-bond donors (Lipinski definition) is 1. The van der Waals surface area contributed by atoms with Gasteiger partial charge in [-0.1, -0.05) is 6.92 Å². The Morgan fingerprint density at radius 1 is 1.62 bits per heavy atom. The van der Waals surface area contributed by atoms with Crippen molar-refractivity contribution >= 4 is 10.3 Å². The van der Waals surface area contributed by atoms with E-state index in [0.29, 0.717) is 6.42 Å². The Balaban J connectivity index is 3.96. The monoisotopic (exact) mass is 205 g/mol. The van der Waals surface area contributed by atoms with E-state index in [2.05, 4.69) is 15.1 Å². The molecule has 0 amide bonds. The van der Waals surface area contributed by atoms with E-state index >= 15 is 0 Å². The first kappa shape index (κ1) is 12.4. The summed E-state index contributed by atoms with van der Waals surface area (Å²) in [7, 11) is -3.79. The van der Waals surface area contributed by atoms with Crippen molar-refractivity contribution in [3.63, 3.8) is 0 Å². The van der Waals surface area contributed by atoms with Crippen LogP contribution in [0.2, 0.25) is 0 Å². The zero-order valence-corrected chi connectivity index (χ0v) is 8.73. The van der Waals surface area contributed by atoms with E-state index in [1.165, 1.54) is 0 Å². The van der Waals surface area contributed by atoms with Gasteiger partial charge < -0.3 is 0 Å². The standard InChI is InChI=1S/C8H15NO3S/c1-3-5-8(4-2)6-7-12-13(9,10)11/h3H,4,6-7H2,1-2H3,(H2,9,10,11). The Bertz CT molecular complexity index is 299. The van der Waals surface area contributed by atoms with Crippen LogP contribution in [0.15, 0.2) is 17.4 Å². The van der Waals surface area contributed by atoms with Crippen LogP contribution in [0.25, 0.3) is 0 Å². The van der Waals surface area contributed by atoms with Crippen LogP contribution in [-0.2, 0) is 14.5 Å². The first-order chi connectivity index (χ1) is 5.99. The van der Waals surface area contributed by atoms with Gasteiger partial charge in [0.2, 0.25) is 0 Å². The van der Waals surface area contributed by atoms with Crippen LogP contribution in [0.1, 0.15) is 26.7 Å². The number of nitrogens with two attached hydrogens (primary N) is 1. The molecular weight excluding hydrogens is 190 g/mol. The second kappa shape index (κ2) is 5.94. The average molecular weight is 205 g/mol. The van der Waals surface area contributed by atoms with Gasteiger partial charge in [0, 0.05) is 6.42 Å². The van der Waals surface area contributed by atoms with Crippen molar-refractivity contribution in [3.05, 3.63) is 17.4 Å². The molecule has 76 valence electrons. The summed E-state index contributed by atoms with van der Waals surface area (Å²) < 4.78 is 25.1. The minimum Gasteiger partial charge on any atom is -0.258 e. The summed E-state index contributed by atoms with van der Waals surface area (Å²) in [5, 5.41) is 4.65. The van der Waals surface area contributed by atoms with Crippen molar-refractivity contribution in [3.8, 4) is 0 Å². The van der Waals surface area contributed by atoms with Crippen molar-refractivity contribution in [2.45, 2.75) is 26.7 Å². The second-order valence-electron chi connectivity index (χ2n) is 2.45. The van der Waals surface area contributed by atoms with Gasteiger partial charge in [-0.15, -0.1) is 5.73 Å². The van der Waals surface area contributed by atoms with Crippen LogP contribution in [0.5, 0.6) is 0 Å². The van der Waals surface area contributed by atoms with Gasteiger partial charge in [-0.05, 0) is 25.0 Å². The molecule has 5 heteroatoms. The Kier molecular flexibility index (Phi) is 5.66. The molecule has 13 heavy (non-hydrogen) atoms. The highest BCUT2D eigenvalue weighted by atomic mass is 32.2. The zero-order valence-electron chi connectivity index (χ0n) is 7.91. The van der Waals surface area contributed by atoms with E-state index in [1.807, 2.05) is 13.8 Å². The highest BCUT2D eigenvalue weighted by Gasteiger charge is 2.02. The fourth-order valence-corrected chi connectivity index (χ4v) is 1.15. The van der Waals surface area contributed by atoms with Gasteiger partial charge in [-0.2, -0.15) is 8.42 Å². The molecule has 0 aromatic heterocycles. The molecule has 0 bridgehead atoms. The van der Waals surface area contributed by atoms with E-state index in [9.17, 15) is 8.42 Å². The van der Waals surface area contributed by atoms with Gasteiger partial charge in [-0.25, -0.2) is 5.14 Å². The van der Waals surface area contributed by atoms with Crippen LogP contribution in [-0.4, -0.2) is 15.0 Å². The molecule has 0 atom stereocenters. The molecular formula is C8H15NO3S. The van der Waals surface area contributed by atoms with Crippen molar-refractivity contribution in [1.82, 2.24) is 0 Å². The Labute approximate surface area is 79.3 Å². The Morgan fingerprint density at radius 2 is 2.23 bits per heavy atom. The molecule has 0 aliphatic heterocycles. The van der Waals surface area contributed by atoms with Crippen LogP contribution in [0, 0.1) is 0 Å².